The molecule has 0 unspecified atom stereocenters. The number of carbonyl (C=O) groups excluding carboxylic acids is 1. The van der Waals surface area contributed by atoms with Gasteiger partial charge in [-0.3, -0.25) is 4.79 Å². The molecule has 6 heteroatoms. The number of anilines is 2. The number of nitrogens with one attached hydrogen (secondary N) is 1. The van der Waals surface area contributed by atoms with Gasteiger partial charge in [-0.25, -0.2) is 4.98 Å². The third kappa shape index (κ3) is 2.83. The van der Waals surface area contributed by atoms with Gasteiger partial charge < -0.3 is 11.1 Å². The summed E-state index contributed by atoms with van der Waals surface area (Å²) in [5.41, 5.74) is 7.16. The van der Waals surface area contributed by atoms with Crippen LogP contribution < -0.4 is 11.1 Å². The summed E-state index contributed by atoms with van der Waals surface area (Å²) in [7, 11) is 0. The molecule has 0 aliphatic carbocycles. The van der Waals surface area contributed by atoms with E-state index in [1.165, 1.54) is 17.5 Å². The fourth-order valence-electron chi connectivity index (χ4n) is 1.25. The maximum Gasteiger partial charge on any atom is 0.266 e. The van der Waals surface area contributed by atoms with Crippen LogP contribution in [0.5, 0.6) is 0 Å². The molecule has 0 atom stereocenters. The van der Waals surface area contributed by atoms with E-state index in [0.29, 0.717) is 16.4 Å². The number of aryl methyl sites for hydroxylation is 1. The fraction of sp³-hybridized carbons (Fsp3) is 0.0909. The van der Waals surface area contributed by atoms with Gasteiger partial charge >= 0.3 is 0 Å². The van der Waals surface area contributed by atoms with Gasteiger partial charge in [0.2, 0.25) is 0 Å². The van der Waals surface area contributed by atoms with Crippen molar-refractivity contribution in [1.29, 1.82) is 0 Å². The zero-order valence-electron chi connectivity index (χ0n) is 9.03. The Morgan fingerprint density at radius 2 is 2.29 bits per heavy atom. The van der Waals surface area contributed by atoms with E-state index >= 15 is 0 Å². The maximum atomic E-state index is 11.8. The molecule has 2 rings (SSSR count). The van der Waals surface area contributed by atoms with Crippen LogP contribution in [-0.2, 0) is 0 Å². The molecule has 0 saturated carbocycles. The average Bonchev–Trinajstić information content (AvgIpc) is 2.70. The molecular formula is C11H10BrN3OS. The molecule has 0 aromatic carbocycles. The number of nitrogens with two attached hydrogens (primary N) is 1. The van der Waals surface area contributed by atoms with Crippen molar-refractivity contribution in [2.45, 2.75) is 6.92 Å². The predicted molar refractivity (Wildman–Crippen MR) is 73.4 cm³/mol. The SMILES string of the molecule is Cc1cc(NC(=O)c2ccc(Br)s2)ncc1N. The molecule has 0 radical (unpaired) electrons. The van der Waals surface area contributed by atoms with Gasteiger partial charge in [0.25, 0.3) is 5.91 Å². The number of aromatic nitrogens is 1. The van der Waals surface area contributed by atoms with Crippen LogP contribution >= 0.6 is 27.3 Å². The second-order valence-corrected chi connectivity index (χ2v) is 5.95. The van der Waals surface area contributed by atoms with E-state index in [4.69, 9.17) is 5.73 Å². The van der Waals surface area contributed by atoms with Crippen molar-refractivity contribution >= 4 is 44.7 Å². The largest absolute Gasteiger partial charge is 0.397 e. The average molecular weight is 312 g/mol. The summed E-state index contributed by atoms with van der Waals surface area (Å²) < 4.78 is 0.920. The first-order valence-corrected chi connectivity index (χ1v) is 6.46. The van der Waals surface area contributed by atoms with E-state index in [9.17, 15) is 4.79 Å². The highest BCUT2D eigenvalue weighted by Gasteiger charge is 2.09. The van der Waals surface area contributed by atoms with E-state index in [1.54, 1.807) is 12.1 Å². The summed E-state index contributed by atoms with van der Waals surface area (Å²) in [4.78, 5) is 16.5. The van der Waals surface area contributed by atoms with Crippen molar-refractivity contribution in [2.24, 2.45) is 0 Å². The van der Waals surface area contributed by atoms with Crippen LogP contribution in [0.1, 0.15) is 15.2 Å². The van der Waals surface area contributed by atoms with Crippen LogP contribution in [0.4, 0.5) is 11.5 Å². The first-order chi connectivity index (χ1) is 8.06. The quantitative estimate of drug-likeness (QED) is 0.895. The van der Waals surface area contributed by atoms with Gasteiger partial charge in [0.05, 0.1) is 20.5 Å². The smallest absolute Gasteiger partial charge is 0.266 e. The molecule has 0 aliphatic rings. The summed E-state index contributed by atoms with van der Waals surface area (Å²) in [6.45, 7) is 1.87. The van der Waals surface area contributed by atoms with Gasteiger partial charge in [0.1, 0.15) is 5.82 Å². The van der Waals surface area contributed by atoms with Crippen LogP contribution in [0, 0.1) is 6.92 Å². The topological polar surface area (TPSA) is 68.0 Å². The molecule has 0 spiro atoms. The van der Waals surface area contributed by atoms with Crippen LogP contribution in [0.2, 0.25) is 0 Å². The number of nitrogens with zero attached hydrogens (tertiary/aromatic N) is 1. The van der Waals surface area contributed by atoms with E-state index in [-0.39, 0.29) is 5.91 Å². The fourth-order valence-corrected chi connectivity index (χ4v) is 2.53. The molecule has 0 aliphatic heterocycles. The van der Waals surface area contributed by atoms with E-state index < -0.39 is 0 Å². The molecule has 0 fully saturated rings. The Labute approximate surface area is 111 Å². The van der Waals surface area contributed by atoms with Crippen molar-refractivity contribution in [1.82, 2.24) is 4.98 Å². The Hall–Kier alpha value is -1.40. The lowest BCUT2D eigenvalue weighted by molar-refractivity contribution is 0.103. The molecule has 4 nitrogen and oxygen atoms in total. The number of amides is 1. The summed E-state index contributed by atoms with van der Waals surface area (Å²) >= 11 is 4.69. The predicted octanol–water partition coefficient (Wildman–Crippen LogP) is 3.05. The van der Waals surface area contributed by atoms with Crippen molar-refractivity contribution in [3.05, 3.63) is 38.6 Å². The lowest BCUT2D eigenvalue weighted by atomic mass is 10.2. The number of pyridine rings is 1. The molecule has 2 aromatic rings. The van der Waals surface area contributed by atoms with E-state index in [1.807, 2.05) is 13.0 Å². The normalized spacial score (nSPS) is 10.2. The van der Waals surface area contributed by atoms with Gasteiger partial charge in [0, 0.05) is 0 Å². The van der Waals surface area contributed by atoms with Gasteiger partial charge in [-0.15, -0.1) is 11.3 Å². The molecule has 88 valence electrons. The Balaban J connectivity index is 2.15. The number of hydrogen-bond acceptors (Lipinski definition) is 4. The van der Waals surface area contributed by atoms with Crippen molar-refractivity contribution in [3.8, 4) is 0 Å². The second-order valence-electron chi connectivity index (χ2n) is 3.48. The number of halogens is 1. The van der Waals surface area contributed by atoms with Crippen molar-refractivity contribution in [3.63, 3.8) is 0 Å². The molecule has 1 amide bonds. The van der Waals surface area contributed by atoms with Crippen LogP contribution in [0.3, 0.4) is 0 Å². The first-order valence-electron chi connectivity index (χ1n) is 4.85. The second kappa shape index (κ2) is 4.85. The Bertz CT molecular complexity index is 568. The van der Waals surface area contributed by atoms with Crippen molar-refractivity contribution in [2.75, 3.05) is 11.1 Å². The summed E-state index contributed by atoms with van der Waals surface area (Å²) in [5, 5.41) is 2.72. The number of carbonyl (C=O) groups is 1. The highest BCUT2D eigenvalue weighted by molar-refractivity contribution is 9.11. The molecule has 0 bridgehead atoms. The van der Waals surface area contributed by atoms with Crippen LogP contribution in [-0.4, -0.2) is 10.9 Å². The van der Waals surface area contributed by atoms with Crippen LogP contribution in [0.15, 0.2) is 28.2 Å². The van der Waals surface area contributed by atoms with Gasteiger partial charge in [-0.1, -0.05) is 0 Å². The molecular weight excluding hydrogens is 302 g/mol. The Morgan fingerprint density at radius 3 is 2.88 bits per heavy atom. The van der Waals surface area contributed by atoms with Gasteiger partial charge in [-0.05, 0) is 46.6 Å². The minimum Gasteiger partial charge on any atom is -0.397 e. The number of hydrogen-bond donors (Lipinski definition) is 2. The molecule has 0 saturated heterocycles. The standard InChI is InChI=1S/C11H10BrN3OS/c1-6-4-10(14-5-7(6)13)15-11(16)8-2-3-9(12)17-8/h2-5H,13H2,1H3,(H,14,15,16). The lowest BCUT2D eigenvalue weighted by Gasteiger charge is -2.05. The third-order valence-electron chi connectivity index (χ3n) is 2.19. The van der Waals surface area contributed by atoms with E-state index in [2.05, 4.69) is 26.2 Å². The first kappa shape index (κ1) is 12.1. The minimum atomic E-state index is -0.169. The maximum absolute atomic E-state index is 11.8. The molecule has 2 heterocycles. The number of nitrogen functional groups attached to an aromatic ring is 1. The molecule has 3 N–H and O–H groups in total. The summed E-state index contributed by atoms with van der Waals surface area (Å²) in [6.07, 6.45) is 1.54. The van der Waals surface area contributed by atoms with Gasteiger partial charge in [0.15, 0.2) is 0 Å². The monoisotopic (exact) mass is 311 g/mol. The number of rotatable bonds is 2. The third-order valence-corrected chi connectivity index (χ3v) is 3.81. The zero-order chi connectivity index (χ0) is 12.4. The molecule has 2 aromatic heterocycles. The highest BCUT2D eigenvalue weighted by Crippen LogP contribution is 2.23. The van der Waals surface area contributed by atoms with Gasteiger partial charge in [-0.2, -0.15) is 0 Å². The lowest BCUT2D eigenvalue weighted by Crippen LogP contribution is -2.11. The van der Waals surface area contributed by atoms with Crippen LogP contribution in [0.25, 0.3) is 0 Å². The van der Waals surface area contributed by atoms with E-state index in [0.717, 1.165) is 9.35 Å². The number of thiophene rings is 1. The Kier molecular flexibility index (Phi) is 3.44. The summed E-state index contributed by atoms with van der Waals surface area (Å²) in [5.74, 6) is 0.337. The van der Waals surface area contributed by atoms with Crippen molar-refractivity contribution < 1.29 is 4.79 Å². The zero-order valence-corrected chi connectivity index (χ0v) is 11.4. The minimum absolute atomic E-state index is 0.169. The molecule has 17 heavy (non-hydrogen) atoms. The summed E-state index contributed by atoms with van der Waals surface area (Å²) in [6, 6.07) is 5.34. The Morgan fingerprint density at radius 1 is 1.53 bits per heavy atom. The highest BCUT2D eigenvalue weighted by atomic mass is 79.9.